The standard InChI is InChI=1S/C27H31N5O5S/c1-16(2)13-17(14-33)32-23-25(35)30(15-31-19-8-4-3-7-18(19)28-29-31)11-6-10-27(23)22(24(32)34)21-20(38-27)9-5-12-37-26(21)36/h3-10,16-17,20-23,33H,11-15H2,1-2H3/t17-,20+,21-,22+,23?,27+/m1/s1. The van der Waals surface area contributed by atoms with Crippen LogP contribution in [0.5, 0.6) is 0 Å². The number of carbonyl (C=O) groups is 3. The first kappa shape index (κ1) is 25.1. The van der Waals surface area contributed by atoms with Crippen molar-refractivity contribution in [3.05, 3.63) is 48.6 Å². The Labute approximate surface area is 224 Å². The number of fused-ring (bicyclic) bond motifs is 3. The third-order valence-corrected chi connectivity index (χ3v) is 9.75. The van der Waals surface area contributed by atoms with E-state index in [1.54, 1.807) is 14.5 Å². The molecule has 1 spiro atoms. The molecule has 200 valence electrons. The zero-order valence-corrected chi connectivity index (χ0v) is 22.2. The summed E-state index contributed by atoms with van der Waals surface area (Å²) in [4.78, 5) is 45.1. The predicted molar refractivity (Wildman–Crippen MR) is 141 cm³/mol. The molecule has 2 fully saturated rings. The summed E-state index contributed by atoms with van der Waals surface area (Å²) in [6.45, 7) is 4.44. The highest BCUT2D eigenvalue weighted by Gasteiger charge is 2.71. The molecule has 0 aliphatic carbocycles. The lowest BCUT2D eigenvalue weighted by atomic mass is 9.78. The van der Waals surface area contributed by atoms with Crippen molar-refractivity contribution >= 4 is 40.6 Å². The van der Waals surface area contributed by atoms with Crippen molar-refractivity contribution in [1.82, 2.24) is 24.8 Å². The summed E-state index contributed by atoms with van der Waals surface area (Å²) in [5, 5.41) is 18.6. The highest BCUT2D eigenvalue weighted by molar-refractivity contribution is 8.02. The highest BCUT2D eigenvalue weighted by atomic mass is 32.2. The van der Waals surface area contributed by atoms with Crippen molar-refractivity contribution in [3.8, 4) is 0 Å². The maximum atomic E-state index is 14.4. The van der Waals surface area contributed by atoms with E-state index in [0.29, 0.717) is 13.0 Å². The Morgan fingerprint density at radius 3 is 2.79 bits per heavy atom. The summed E-state index contributed by atoms with van der Waals surface area (Å²) < 4.78 is 6.16. The number of aliphatic hydroxyl groups is 1. The van der Waals surface area contributed by atoms with Crippen LogP contribution in [0.3, 0.4) is 0 Å². The van der Waals surface area contributed by atoms with Crippen molar-refractivity contribution < 1.29 is 24.2 Å². The van der Waals surface area contributed by atoms with Gasteiger partial charge in [0.1, 0.15) is 24.8 Å². The number of para-hydroxylation sites is 1. The van der Waals surface area contributed by atoms with E-state index in [4.69, 9.17) is 4.74 Å². The van der Waals surface area contributed by atoms with Gasteiger partial charge in [-0.25, -0.2) is 4.68 Å². The summed E-state index contributed by atoms with van der Waals surface area (Å²) in [7, 11) is 0. The Hall–Kier alpha value is -3.18. The SMILES string of the molecule is CC(C)C[C@H](CO)N1C(=O)[C@@H]2[C@@H]3C(=O)OCC=C[C@@H]3S[C@@]23C=CCN(Cn2nnc4ccccc42)C(=O)C13. The minimum atomic E-state index is -0.951. The van der Waals surface area contributed by atoms with E-state index in [-0.39, 0.29) is 42.9 Å². The second-order valence-electron chi connectivity index (χ2n) is 10.8. The number of aromatic nitrogens is 3. The number of thioether (sulfide) groups is 1. The van der Waals surface area contributed by atoms with Crippen LogP contribution in [0.25, 0.3) is 11.0 Å². The van der Waals surface area contributed by atoms with Crippen LogP contribution in [0.2, 0.25) is 0 Å². The molecule has 0 saturated carbocycles. The third-order valence-electron chi connectivity index (χ3n) is 8.01. The normalized spacial score (nSPS) is 31.3. The van der Waals surface area contributed by atoms with Gasteiger partial charge in [-0.15, -0.1) is 16.9 Å². The Balaban J connectivity index is 1.43. The zero-order valence-electron chi connectivity index (χ0n) is 21.3. The number of carbonyl (C=O) groups excluding carboxylic acids is 3. The number of ether oxygens (including phenoxy) is 1. The highest BCUT2D eigenvalue weighted by Crippen LogP contribution is 2.61. The summed E-state index contributed by atoms with van der Waals surface area (Å²) in [6, 6.07) is 6.13. The first-order valence-electron chi connectivity index (χ1n) is 13.0. The number of hydrogen-bond acceptors (Lipinski definition) is 8. The van der Waals surface area contributed by atoms with Gasteiger partial charge in [0.15, 0.2) is 0 Å². The van der Waals surface area contributed by atoms with Gasteiger partial charge in [-0.2, -0.15) is 0 Å². The summed E-state index contributed by atoms with van der Waals surface area (Å²) in [5.41, 5.74) is 1.53. The first-order chi connectivity index (χ1) is 18.4. The monoisotopic (exact) mass is 537 g/mol. The van der Waals surface area contributed by atoms with E-state index in [2.05, 4.69) is 10.3 Å². The quantitative estimate of drug-likeness (QED) is 0.436. The average Bonchev–Trinajstić information content (AvgIpc) is 3.44. The zero-order chi connectivity index (χ0) is 26.6. The van der Waals surface area contributed by atoms with E-state index in [9.17, 15) is 19.5 Å². The molecule has 0 radical (unpaired) electrons. The fourth-order valence-corrected chi connectivity index (χ4v) is 8.47. The number of aliphatic hydroxyl groups excluding tert-OH is 1. The van der Waals surface area contributed by atoms with Gasteiger partial charge in [0.25, 0.3) is 0 Å². The summed E-state index contributed by atoms with van der Waals surface area (Å²) in [6.07, 6.45) is 8.16. The Morgan fingerprint density at radius 2 is 2.00 bits per heavy atom. The van der Waals surface area contributed by atoms with Gasteiger partial charge < -0.3 is 19.6 Å². The van der Waals surface area contributed by atoms with Crippen LogP contribution < -0.4 is 0 Å². The molecule has 38 heavy (non-hydrogen) atoms. The van der Waals surface area contributed by atoms with Crippen LogP contribution in [0.1, 0.15) is 20.3 Å². The number of benzene rings is 1. The summed E-state index contributed by atoms with van der Waals surface area (Å²) in [5.74, 6) is -2.17. The van der Waals surface area contributed by atoms with Crippen LogP contribution >= 0.6 is 11.8 Å². The molecule has 6 atom stereocenters. The molecule has 10 nitrogen and oxygen atoms in total. The maximum Gasteiger partial charge on any atom is 0.311 e. The largest absolute Gasteiger partial charge is 0.461 e. The molecule has 4 aliphatic heterocycles. The van der Waals surface area contributed by atoms with Gasteiger partial charge in [0.05, 0.1) is 34.7 Å². The number of likely N-dealkylation sites (tertiary alicyclic amines) is 1. The minimum Gasteiger partial charge on any atom is -0.461 e. The number of cyclic esters (lactones) is 1. The summed E-state index contributed by atoms with van der Waals surface area (Å²) >= 11 is 1.50. The maximum absolute atomic E-state index is 14.4. The average molecular weight is 538 g/mol. The Morgan fingerprint density at radius 1 is 1.18 bits per heavy atom. The fraction of sp³-hybridized carbons (Fsp3) is 0.519. The van der Waals surface area contributed by atoms with Crippen molar-refractivity contribution in [1.29, 1.82) is 0 Å². The third kappa shape index (κ3) is 3.78. The smallest absolute Gasteiger partial charge is 0.311 e. The molecular weight excluding hydrogens is 506 g/mol. The predicted octanol–water partition coefficient (Wildman–Crippen LogP) is 1.60. The number of amides is 2. The number of hydrogen-bond donors (Lipinski definition) is 1. The number of rotatable bonds is 6. The van der Waals surface area contributed by atoms with E-state index in [0.717, 1.165) is 11.0 Å². The van der Waals surface area contributed by atoms with Crippen LogP contribution in [0.4, 0.5) is 0 Å². The van der Waals surface area contributed by atoms with Gasteiger partial charge in [-0.05, 0) is 24.5 Å². The molecule has 11 heteroatoms. The van der Waals surface area contributed by atoms with Gasteiger partial charge in [0, 0.05) is 11.8 Å². The molecule has 4 aliphatic rings. The van der Waals surface area contributed by atoms with Crippen molar-refractivity contribution in [2.24, 2.45) is 17.8 Å². The molecular formula is C27H31N5O5S. The molecule has 1 aromatic carbocycles. The van der Waals surface area contributed by atoms with E-state index < -0.39 is 34.6 Å². The van der Waals surface area contributed by atoms with Gasteiger partial charge in [0.2, 0.25) is 11.8 Å². The van der Waals surface area contributed by atoms with Gasteiger partial charge in [-0.1, -0.05) is 55.5 Å². The van der Waals surface area contributed by atoms with Crippen molar-refractivity contribution in [2.45, 2.75) is 49.0 Å². The molecule has 2 aromatic rings. The van der Waals surface area contributed by atoms with Gasteiger partial charge in [-0.3, -0.25) is 14.4 Å². The van der Waals surface area contributed by atoms with Crippen molar-refractivity contribution in [3.63, 3.8) is 0 Å². The molecule has 1 N–H and O–H groups in total. The Kier molecular flexibility index (Phi) is 6.30. The number of nitrogens with zero attached hydrogens (tertiary/aromatic N) is 5. The van der Waals surface area contributed by atoms with Crippen LogP contribution in [-0.4, -0.2) is 89.5 Å². The molecule has 6 rings (SSSR count). The molecule has 1 aromatic heterocycles. The lowest BCUT2D eigenvalue weighted by Gasteiger charge is -2.39. The topological polar surface area (TPSA) is 118 Å². The van der Waals surface area contributed by atoms with Crippen LogP contribution in [-0.2, 0) is 25.8 Å². The molecule has 1 unspecified atom stereocenters. The van der Waals surface area contributed by atoms with E-state index in [1.807, 2.05) is 62.4 Å². The van der Waals surface area contributed by atoms with E-state index in [1.165, 1.54) is 11.8 Å². The van der Waals surface area contributed by atoms with Crippen LogP contribution in [0.15, 0.2) is 48.6 Å². The number of esters is 1. The minimum absolute atomic E-state index is 0.163. The second-order valence-corrected chi connectivity index (χ2v) is 12.3. The van der Waals surface area contributed by atoms with Crippen molar-refractivity contribution in [2.75, 3.05) is 19.8 Å². The van der Waals surface area contributed by atoms with Crippen LogP contribution in [0, 0.1) is 17.8 Å². The lowest BCUT2D eigenvalue weighted by molar-refractivity contribution is -0.152. The van der Waals surface area contributed by atoms with Gasteiger partial charge >= 0.3 is 5.97 Å². The first-order valence-corrected chi connectivity index (χ1v) is 13.9. The molecule has 0 bridgehead atoms. The second kappa shape index (κ2) is 9.53. The molecule has 2 amide bonds. The molecule has 5 heterocycles. The Bertz CT molecular complexity index is 1340. The molecule has 2 saturated heterocycles. The fourth-order valence-electron chi connectivity index (χ4n) is 6.48. The lowest BCUT2D eigenvalue weighted by Crippen LogP contribution is -2.56. The van der Waals surface area contributed by atoms with E-state index >= 15 is 0 Å².